The summed E-state index contributed by atoms with van der Waals surface area (Å²) in [5.74, 6) is 0.0677. The van der Waals surface area contributed by atoms with Gasteiger partial charge in [0.05, 0.1) is 6.54 Å². The van der Waals surface area contributed by atoms with Crippen LogP contribution in [0.1, 0.15) is 42.4 Å². The minimum Gasteiger partial charge on any atom is -0.340 e. The minimum absolute atomic E-state index is 0.0275. The molecule has 1 N–H and O–H groups in total. The minimum atomic E-state index is -0.616. The second-order valence-corrected chi connectivity index (χ2v) is 6.42. The molecule has 1 aromatic rings. The van der Waals surface area contributed by atoms with E-state index in [0.29, 0.717) is 6.54 Å². The highest BCUT2D eigenvalue weighted by molar-refractivity contribution is 5.98. The smallest absolute Gasteiger partial charge is 0.249 e. The van der Waals surface area contributed by atoms with Crippen LogP contribution >= 0.6 is 0 Å². The molecule has 21 heavy (non-hydrogen) atoms. The summed E-state index contributed by atoms with van der Waals surface area (Å²) in [5.41, 5.74) is 2.94. The number of carbonyl (C=O) groups is 2. The Labute approximate surface area is 125 Å². The number of carbonyl (C=O) groups excluding carboxylic acids is 2. The summed E-state index contributed by atoms with van der Waals surface area (Å²) in [4.78, 5) is 26.5. The molecule has 1 saturated carbocycles. The highest BCUT2D eigenvalue weighted by Crippen LogP contribution is 2.33. The molecular weight excluding hydrogens is 264 g/mol. The molecule has 1 spiro atoms. The highest BCUT2D eigenvalue weighted by Gasteiger charge is 2.48. The van der Waals surface area contributed by atoms with E-state index in [0.717, 1.165) is 31.2 Å². The Bertz CT molecular complexity index is 588. The van der Waals surface area contributed by atoms with Gasteiger partial charge in [0.1, 0.15) is 5.54 Å². The molecule has 0 unspecified atom stereocenters. The molecule has 0 atom stereocenters. The van der Waals surface area contributed by atoms with Crippen molar-refractivity contribution in [3.8, 4) is 0 Å². The molecule has 0 aromatic heterocycles. The summed E-state index contributed by atoms with van der Waals surface area (Å²) in [7, 11) is 0. The lowest BCUT2D eigenvalue weighted by atomic mass is 9.92. The summed E-state index contributed by atoms with van der Waals surface area (Å²) >= 11 is 0. The number of nitrogens with one attached hydrogen (secondary N) is 1. The molecule has 4 nitrogen and oxygen atoms in total. The molecule has 1 aliphatic carbocycles. The quantitative estimate of drug-likeness (QED) is 0.905. The van der Waals surface area contributed by atoms with Crippen molar-refractivity contribution >= 4 is 11.8 Å². The maximum atomic E-state index is 12.8. The molecule has 1 heterocycles. The predicted octanol–water partition coefficient (Wildman–Crippen LogP) is 2.07. The number of nitrogens with zero attached hydrogens (tertiary/aromatic N) is 1. The fourth-order valence-electron chi connectivity index (χ4n) is 3.48. The van der Waals surface area contributed by atoms with Crippen LogP contribution in [0.15, 0.2) is 18.2 Å². The van der Waals surface area contributed by atoms with Crippen molar-refractivity contribution in [3.05, 3.63) is 34.9 Å². The van der Waals surface area contributed by atoms with Crippen molar-refractivity contribution < 1.29 is 9.59 Å². The van der Waals surface area contributed by atoms with E-state index >= 15 is 0 Å². The topological polar surface area (TPSA) is 49.4 Å². The number of benzene rings is 1. The lowest BCUT2D eigenvalue weighted by molar-refractivity contribution is -0.150. The van der Waals surface area contributed by atoms with E-state index in [-0.39, 0.29) is 18.4 Å². The molecule has 3 rings (SSSR count). The van der Waals surface area contributed by atoms with Gasteiger partial charge in [-0.15, -0.1) is 0 Å². The first-order valence-electron chi connectivity index (χ1n) is 7.67. The molecule has 1 aromatic carbocycles. The summed E-state index contributed by atoms with van der Waals surface area (Å²) in [6.45, 7) is 4.84. The molecule has 1 saturated heterocycles. The maximum absolute atomic E-state index is 12.8. The van der Waals surface area contributed by atoms with Gasteiger partial charge in [-0.3, -0.25) is 9.59 Å². The first kappa shape index (κ1) is 14.1. The predicted molar refractivity (Wildman–Crippen MR) is 80.7 cm³/mol. The van der Waals surface area contributed by atoms with Gasteiger partial charge in [-0.2, -0.15) is 0 Å². The Morgan fingerprint density at radius 1 is 1.14 bits per heavy atom. The van der Waals surface area contributed by atoms with Gasteiger partial charge in [0.2, 0.25) is 11.8 Å². The van der Waals surface area contributed by atoms with Crippen LogP contribution in [0.4, 0.5) is 0 Å². The van der Waals surface area contributed by atoms with E-state index in [9.17, 15) is 9.59 Å². The first-order valence-corrected chi connectivity index (χ1v) is 7.67. The van der Waals surface area contributed by atoms with Crippen LogP contribution in [-0.2, 0) is 16.1 Å². The van der Waals surface area contributed by atoms with E-state index in [1.165, 1.54) is 11.1 Å². The molecule has 0 bridgehead atoms. The zero-order chi connectivity index (χ0) is 15.0. The molecule has 112 valence electrons. The van der Waals surface area contributed by atoms with Crippen LogP contribution in [0.25, 0.3) is 0 Å². The van der Waals surface area contributed by atoms with Crippen molar-refractivity contribution in [3.63, 3.8) is 0 Å². The first-order chi connectivity index (χ1) is 10.00. The van der Waals surface area contributed by atoms with Gasteiger partial charge in [0.25, 0.3) is 0 Å². The zero-order valence-corrected chi connectivity index (χ0v) is 12.7. The van der Waals surface area contributed by atoms with Crippen molar-refractivity contribution in [1.82, 2.24) is 10.2 Å². The van der Waals surface area contributed by atoms with Gasteiger partial charge in [0.15, 0.2) is 0 Å². The molecule has 0 radical (unpaired) electrons. The van der Waals surface area contributed by atoms with E-state index in [2.05, 4.69) is 31.3 Å². The van der Waals surface area contributed by atoms with Crippen molar-refractivity contribution in [2.45, 2.75) is 51.6 Å². The molecule has 2 fully saturated rings. The number of aryl methyl sites for hydroxylation is 2. The lowest BCUT2D eigenvalue weighted by Gasteiger charge is -2.39. The van der Waals surface area contributed by atoms with Crippen molar-refractivity contribution in [2.24, 2.45) is 0 Å². The van der Waals surface area contributed by atoms with Crippen molar-refractivity contribution in [1.29, 1.82) is 0 Å². The molecule has 1 aliphatic heterocycles. The number of piperazine rings is 1. The Hall–Kier alpha value is -1.84. The average Bonchev–Trinajstić information content (AvgIpc) is 2.89. The number of hydrogen-bond donors (Lipinski definition) is 1. The van der Waals surface area contributed by atoms with Gasteiger partial charge in [-0.25, -0.2) is 0 Å². The maximum Gasteiger partial charge on any atom is 0.249 e. The fraction of sp³-hybridized carbons (Fsp3) is 0.529. The Kier molecular flexibility index (Phi) is 3.47. The van der Waals surface area contributed by atoms with E-state index in [1.807, 2.05) is 6.07 Å². The van der Waals surface area contributed by atoms with Crippen LogP contribution in [0.5, 0.6) is 0 Å². The molecule has 2 amide bonds. The molecule has 4 heteroatoms. The normalized spacial score (nSPS) is 21.0. The Balaban J connectivity index is 1.82. The third-order valence-electron chi connectivity index (χ3n) is 4.81. The van der Waals surface area contributed by atoms with E-state index in [1.54, 1.807) is 4.90 Å². The van der Waals surface area contributed by atoms with Gasteiger partial charge in [-0.1, -0.05) is 31.0 Å². The third kappa shape index (κ3) is 2.55. The summed E-state index contributed by atoms with van der Waals surface area (Å²) in [6.07, 6.45) is 3.59. The largest absolute Gasteiger partial charge is 0.340 e. The number of hydrogen-bond acceptors (Lipinski definition) is 2. The summed E-state index contributed by atoms with van der Waals surface area (Å²) in [5, 5.41) is 2.95. The SMILES string of the molecule is Cc1ccc(CN2CC(=O)NC3(CCCC3)C2=O)cc1C. The van der Waals surface area contributed by atoms with Crippen LogP contribution in [0.3, 0.4) is 0 Å². The van der Waals surface area contributed by atoms with Gasteiger partial charge >= 0.3 is 0 Å². The second-order valence-electron chi connectivity index (χ2n) is 6.42. The van der Waals surface area contributed by atoms with Gasteiger partial charge in [-0.05, 0) is 43.4 Å². The van der Waals surface area contributed by atoms with Gasteiger partial charge < -0.3 is 10.2 Å². The van der Waals surface area contributed by atoms with Crippen molar-refractivity contribution in [2.75, 3.05) is 6.54 Å². The van der Waals surface area contributed by atoms with E-state index < -0.39 is 5.54 Å². The second kappa shape index (κ2) is 5.17. The zero-order valence-electron chi connectivity index (χ0n) is 12.7. The van der Waals surface area contributed by atoms with E-state index in [4.69, 9.17) is 0 Å². The fourth-order valence-corrected chi connectivity index (χ4v) is 3.48. The standard InChI is InChI=1S/C17H22N2O2/c1-12-5-6-14(9-13(12)2)10-19-11-15(20)18-17(16(19)21)7-3-4-8-17/h5-6,9H,3-4,7-8,10-11H2,1-2H3,(H,18,20). The van der Waals surface area contributed by atoms with Crippen LogP contribution in [-0.4, -0.2) is 28.8 Å². The highest BCUT2D eigenvalue weighted by atomic mass is 16.2. The third-order valence-corrected chi connectivity index (χ3v) is 4.81. The summed E-state index contributed by atoms with van der Waals surface area (Å²) < 4.78 is 0. The monoisotopic (exact) mass is 286 g/mol. The Morgan fingerprint density at radius 2 is 1.86 bits per heavy atom. The van der Waals surface area contributed by atoms with Gasteiger partial charge in [0, 0.05) is 6.54 Å². The summed E-state index contributed by atoms with van der Waals surface area (Å²) in [6, 6.07) is 6.23. The average molecular weight is 286 g/mol. The number of amides is 2. The van der Waals surface area contributed by atoms with Crippen LogP contribution in [0.2, 0.25) is 0 Å². The molecule has 2 aliphatic rings. The van der Waals surface area contributed by atoms with Crippen LogP contribution in [0, 0.1) is 13.8 Å². The van der Waals surface area contributed by atoms with Crippen LogP contribution < -0.4 is 5.32 Å². The number of rotatable bonds is 2. The lowest BCUT2D eigenvalue weighted by Crippen LogP contribution is -2.65. The molecular formula is C17H22N2O2. The Morgan fingerprint density at radius 3 is 2.52 bits per heavy atom.